The summed E-state index contributed by atoms with van der Waals surface area (Å²) in [6.45, 7) is 2.40. The van der Waals surface area contributed by atoms with Crippen LogP contribution in [0, 0.1) is 0 Å². The van der Waals surface area contributed by atoms with Gasteiger partial charge in [0, 0.05) is 6.42 Å². The smallest absolute Gasteiger partial charge is 0.342 e. The van der Waals surface area contributed by atoms with Crippen LogP contribution in [0.25, 0.3) is 0 Å². The number of hydrogen-bond donors (Lipinski definition) is 1. The van der Waals surface area contributed by atoms with Crippen molar-refractivity contribution < 1.29 is 18.7 Å². The molecule has 98 valence electrons. The van der Waals surface area contributed by atoms with Crippen molar-refractivity contribution in [1.82, 2.24) is 0 Å². The monoisotopic (exact) mass is 253 g/mol. The van der Waals surface area contributed by atoms with Gasteiger partial charge in [0.2, 0.25) is 6.17 Å². The van der Waals surface area contributed by atoms with E-state index in [0.29, 0.717) is 12.2 Å². The lowest BCUT2D eigenvalue weighted by atomic mass is 10.00. The van der Waals surface area contributed by atoms with Gasteiger partial charge in [-0.3, -0.25) is 0 Å². The van der Waals surface area contributed by atoms with Gasteiger partial charge in [0.15, 0.2) is 0 Å². The highest BCUT2D eigenvalue weighted by Crippen LogP contribution is 2.29. The zero-order valence-electron chi connectivity index (χ0n) is 10.2. The van der Waals surface area contributed by atoms with Crippen molar-refractivity contribution in [2.24, 2.45) is 5.73 Å². The third kappa shape index (κ3) is 2.46. The average molecular weight is 253 g/mol. The molecule has 1 aliphatic rings. The van der Waals surface area contributed by atoms with E-state index in [4.69, 9.17) is 10.5 Å². The first-order valence-electron chi connectivity index (χ1n) is 5.95. The summed E-state index contributed by atoms with van der Waals surface area (Å²) >= 11 is 0. The molecule has 1 aromatic rings. The Labute approximate surface area is 105 Å². The van der Waals surface area contributed by atoms with Crippen molar-refractivity contribution in [2.75, 3.05) is 13.2 Å². The Hall–Kier alpha value is -1.62. The van der Waals surface area contributed by atoms with Gasteiger partial charge in [0.05, 0.1) is 19.3 Å². The van der Waals surface area contributed by atoms with Crippen LogP contribution < -0.4 is 10.5 Å². The van der Waals surface area contributed by atoms with Gasteiger partial charge in [0.25, 0.3) is 0 Å². The number of rotatable bonds is 4. The van der Waals surface area contributed by atoms with Gasteiger partial charge in [-0.15, -0.1) is 0 Å². The summed E-state index contributed by atoms with van der Waals surface area (Å²) < 4.78 is 23.8. The zero-order chi connectivity index (χ0) is 13.1. The number of halogens is 1. The Morgan fingerprint density at radius 2 is 2.39 bits per heavy atom. The lowest BCUT2D eigenvalue weighted by Crippen LogP contribution is -2.31. The minimum absolute atomic E-state index is 0.143. The SMILES string of the molecule is CCOC(=O)C(F)[C@@H](N)c1ccc2c(c1)CCO2. The summed E-state index contributed by atoms with van der Waals surface area (Å²) in [5.74, 6) is -0.112. The number of hydrogen-bond acceptors (Lipinski definition) is 4. The van der Waals surface area contributed by atoms with E-state index in [1.165, 1.54) is 0 Å². The molecule has 1 aliphatic heterocycles. The third-order valence-electron chi connectivity index (χ3n) is 2.93. The molecule has 2 rings (SSSR count). The summed E-state index contributed by atoms with van der Waals surface area (Å²) in [5, 5.41) is 0. The molecule has 0 aliphatic carbocycles. The molecule has 0 bridgehead atoms. The normalized spacial score (nSPS) is 16.6. The second-order valence-corrected chi connectivity index (χ2v) is 4.15. The molecule has 0 saturated carbocycles. The highest BCUT2D eigenvalue weighted by atomic mass is 19.1. The molecule has 0 saturated heterocycles. The van der Waals surface area contributed by atoms with Gasteiger partial charge >= 0.3 is 5.97 Å². The largest absolute Gasteiger partial charge is 0.493 e. The van der Waals surface area contributed by atoms with Crippen molar-refractivity contribution in [2.45, 2.75) is 25.6 Å². The van der Waals surface area contributed by atoms with E-state index in [-0.39, 0.29) is 6.61 Å². The number of benzene rings is 1. The van der Waals surface area contributed by atoms with E-state index in [0.717, 1.165) is 17.7 Å². The van der Waals surface area contributed by atoms with Crippen molar-refractivity contribution in [1.29, 1.82) is 0 Å². The minimum atomic E-state index is -1.84. The first kappa shape index (κ1) is 12.8. The fourth-order valence-electron chi connectivity index (χ4n) is 1.95. The van der Waals surface area contributed by atoms with Gasteiger partial charge in [0.1, 0.15) is 5.75 Å². The number of ether oxygens (including phenoxy) is 2. The Morgan fingerprint density at radius 3 is 3.11 bits per heavy atom. The van der Waals surface area contributed by atoms with Crippen LogP contribution in [-0.4, -0.2) is 25.4 Å². The van der Waals surface area contributed by atoms with Crippen molar-refractivity contribution in [3.05, 3.63) is 29.3 Å². The molecule has 0 amide bonds. The predicted octanol–water partition coefficient (Wildman–Crippen LogP) is 1.52. The van der Waals surface area contributed by atoms with Crippen LogP contribution in [0.3, 0.4) is 0 Å². The second-order valence-electron chi connectivity index (χ2n) is 4.15. The van der Waals surface area contributed by atoms with Gasteiger partial charge in [-0.2, -0.15) is 0 Å². The van der Waals surface area contributed by atoms with E-state index in [1.54, 1.807) is 25.1 Å². The first-order chi connectivity index (χ1) is 8.63. The first-order valence-corrected chi connectivity index (χ1v) is 5.95. The molecule has 0 radical (unpaired) electrons. The summed E-state index contributed by atoms with van der Waals surface area (Å²) in [5.41, 5.74) is 7.33. The quantitative estimate of drug-likeness (QED) is 0.826. The Morgan fingerprint density at radius 1 is 1.61 bits per heavy atom. The molecule has 0 aromatic heterocycles. The molecule has 1 unspecified atom stereocenters. The molecule has 1 heterocycles. The lowest BCUT2D eigenvalue weighted by molar-refractivity contribution is -0.149. The topological polar surface area (TPSA) is 61.5 Å². The summed E-state index contributed by atoms with van der Waals surface area (Å²) in [4.78, 5) is 11.3. The van der Waals surface area contributed by atoms with Crippen LogP contribution >= 0.6 is 0 Å². The van der Waals surface area contributed by atoms with Crippen LogP contribution in [0.4, 0.5) is 4.39 Å². The fraction of sp³-hybridized carbons (Fsp3) is 0.462. The second kappa shape index (κ2) is 5.35. The van der Waals surface area contributed by atoms with Crippen molar-refractivity contribution in [3.8, 4) is 5.75 Å². The average Bonchev–Trinajstić information content (AvgIpc) is 2.84. The van der Waals surface area contributed by atoms with Crippen molar-refractivity contribution >= 4 is 5.97 Å². The Kier molecular flexibility index (Phi) is 3.81. The molecule has 2 atom stereocenters. The van der Waals surface area contributed by atoms with Gasteiger partial charge < -0.3 is 15.2 Å². The molecule has 0 spiro atoms. The number of fused-ring (bicyclic) bond motifs is 1. The van der Waals surface area contributed by atoms with Gasteiger partial charge in [-0.25, -0.2) is 9.18 Å². The number of nitrogens with two attached hydrogens (primary N) is 1. The van der Waals surface area contributed by atoms with E-state index in [9.17, 15) is 9.18 Å². The standard InChI is InChI=1S/C13H16FNO3/c1-2-17-13(16)11(14)12(15)9-3-4-10-8(7-9)5-6-18-10/h3-4,7,11-12H,2,5-6,15H2,1H3/t11?,12-/m0/s1. The van der Waals surface area contributed by atoms with Crippen LogP contribution in [0.15, 0.2) is 18.2 Å². The maximum absolute atomic E-state index is 13.8. The lowest BCUT2D eigenvalue weighted by Gasteiger charge is -2.16. The van der Waals surface area contributed by atoms with E-state index < -0.39 is 18.2 Å². The molecule has 4 nitrogen and oxygen atoms in total. The molecule has 2 N–H and O–H groups in total. The Balaban J connectivity index is 2.13. The highest BCUT2D eigenvalue weighted by molar-refractivity contribution is 5.75. The Bertz CT molecular complexity index is 450. The number of alkyl halides is 1. The van der Waals surface area contributed by atoms with Crippen LogP contribution in [0.2, 0.25) is 0 Å². The maximum atomic E-state index is 13.8. The van der Waals surface area contributed by atoms with Crippen LogP contribution in [0.1, 0.15) is 24.1 Å². The van der Waals surface area contributed by atoms with E-state index in [1.807, 2.05) is 0 Å². The van der Waals surface area contributed by atoms with E-state index in [2.05, 4.69) is 4.74 Å². The van der Waals surface area contributed by atoms with Crippen LogP contribution in [0.5, 0.6) is 5.75 Å². The highest BCUT2D eigenvalue weighted by Gasteiger charge is 2.28. The maximum Gasteiger partial charge on any atom is 0.342 e. The summed E-state index contributed by atoms with van der Waals surface area (Å²) in [6.07, 6.45) is -1.06. The molecule has 5 heteroatoms. The minimum Gasteiger partial charge on any atom is -0.493 e. The molecular weight excluding hydrogens is 237 g/mol. The van der Waals surface area contributed by atoms with Gasteiger partial charge in [-0.05, 0) is 24.1 Å². The van der Waals surface area contributed by atoms with E-state index >= 15 is 0 Å². The number of carbonyl (C=O) groups is 1. The molecule has 18 heavy (non-hydrogen) atoms. The predicted molar refractivity (Wildman–Crippen MR) is 64.1 cm³/mol. The molecule has 1 aromatic carbocycles. The number of esters is 1. The van der Waals surface area contributed by atoms with Gasteiger partial charge in [-0.1, -0.05) is 12.1 Å². The fourth-order valence-corrected chi connectivity index (χ4v) is 1.95. The van der Waals surface area contributed by atoms with Crippen molar-refractivity contribution in [3.63, 3.8) is 0 Å². The summed E-state index contributed by atoms with van der Waals surface area (Å²) in [6, 6.07) is 4.23. The van der Waals surface area contributed by atoms with Crippen LogP contribution in [-0.2, 0) is 16.0 Å². The molecule has 0 fully saturated rings. The molecular formula is C13H16FNO3. The number of carbonyl (C=O) groups excluding carboxylic acids is 1. The zero-order valence-corrected chi connectivity index (χ0v) is 10.2. The third-order valence-corrected chi connectivity index (χ3v) is 2.93. The summed E-state index contributed by atoms with van der Waals surface area (Å²) in [7, 11) is 0.